The van der Waals surface area contributed by atoms with Crippen molar-refractivity contribution in [2.45, 2.75) is 64.0 Å². The summed E-state index contributed by atoms with van der Waals surface area (Å²) >= 11 is 0. The molecular formula is C17H29NO2. The second-order valence-corrected chi connectivity index (χ2v) is 8.01. The smallest absolute Gasteiger partial charge is 0.147 e. The van der Waals surface area contributed by atoms with Crippen LogP contribution in [0, 0.1) is 23.2 Å². The molecule has 1 heterocycles. The van der Waals surface area contributed by atoms with Gasteiger partial charge in [0.2, 0.25) is 0 Å². The van der Waals surface area contributed by atoms with Gasteiger partial charge in [0.15, 0.2) is 0 Å². The minimum absolute atomic E-state index is 0.361. The number of hydrogen-bond acceptors (Lipinski definition) is 3. The molecule has 1 saturated heterocycles. The van der Waals surface area contributed by atoms with Crippen molar-refractivity contribution < 1.29 is 9.47 Å². The summed E-state index contributed by atoms with van der Waals surface area (Å²) in [5, 5.41) is 3.83. The Labute approximate surface area is 122 Å². The first kappa shape index (κ1) is 13.5. The Balaban J connectivity index is 1.36. The lowest BCUT2D eigenvalue weighted by atomic mass is 9.48. The predicted octanol–water partition coefficient (Wildman–Crippen LogP) is 2.94. The first-order valence-corrected chi connectivity index (χ1v) is 8.66. The van der Waals surface area contributed by atoms with Gasteiger partial charge in [0.1, 0.15) is 6.79 Å². The molecule has 114 valence electrons. The van der Waals surface area contributed by atoms with Gasteiger partial charge in [-0.1, -0.05) is 0 Å². The molecule has 3 nitrogen and oxygen atoms in total. The largest absolute Gasteiger partial charge is 0.355 e. The van der Waals surface area contributed by atoms with Gasteiger partial charge in [-0.25, -0.2) is 0 Å². The van der Waals surface area contributed by atoms with Gasteiger partial charge < -0.3 is 14.8 Å². The lowest BCUT2D eigenvalue weighted by molar-refractivity contribution is -0.139. The Morgan fingerprint density at radius 2 is 1.75 bits per heavy atom. The maximum absolute atomic E-state index is 5.66. The summed E-state index contributed by atoms with van der Waals surface area (Å²) in [6, 6.07) is 0.655. The van der Waals surface area contributed by atoms with Gasteiger partial charge >= 0.3 is 0 Å². The van der Waals surface area contributed by atoms with E-state index in [2.05, 4.69) is 12.2 Å². The van der Waals surface area contributed by atoms with Crippen LogP contribution < -0.4 is 5.32 Å². The van der Waals surface area contributed by atoms with E-state index in [-0.39, 0.29) is 0 Å². The number of hydrogen-bond donors (Lipinski definition) is 1. The van der Waals surface area contributed by atoms with Gasteiger partial charge in [0, 0.05) is 12.6 Å². The Bertz CT molecular complexity index is 316. The average molecular weight is 279 g/mol. The monoisotopic (exact) mass is 279 g/mol. The van der Waals surface area contributed by atoms with E-state index in [0.717, 1.165) is 37.3 Å². The van der Waals surface area contributed by atoms with Crippen molar-refractivity contribution in [2.24, 2.45) is 23.2 Å². The highest BCUT2D eigenvalue weighted by Gasteiger charge is 2.52. The van der Waals surface area contributed by atoms with Gasteiger partial charge in [-0.3, -0.25) is 0 Å². The number of rotatable bonds is 4. The highest BCUT2D eigenvalue weighted by molar-refractivity contribution is 5.05. The quantitative estimate of drug-likeness (QED) is 0.858. The fourth-order valence-corrected chi connectivity index (χ4v) is 5.90. The summed E-state index contributed by atoms with van der Waals surface area (Å²) in [5.74, 6) is 3.14. The minimum atomic E-state index is 0.361. The summed E-state index contributed by atoms with van der Waals surface area (Å²) in [6.07, 6.45) is 10.5. The zero-order valence-corrected chi connectivity index (χ0v) is 12.8. The average Bonchev–Trinajstić information content (AvgIpc) is 2.44. The van der Waals surface area contributed by atoms with Crippen molar-refractivity contribution in [3.63, 3.8) is 0 Å². The van der Waals surface area contributed by atoms with Crippen LogP contribution in [0.15, 0.2) is 0 Å². The van der Waals surface area contributed by atoms with Crippen LogP contribution >= 0.6 is 0 Å². The van der Waals surface area contributed by atoms with Crippen molar-refractivity contribution in [2.75, 3.05) is 19.9 Å². The molecule has 4 aliphatic carbocycles. The third kappa shape index (κ3) is 2.42. The fraction of sp³-hybridized carbons (Fsp3) is 1.00. The first-order valence-electron chi connectivity index (χ1n) is 8.66. The molecule has 0 aromatic rings. The van der Waals surface area contributed by atoms with Crippen molar-refractivity contribution in [3.05, 3.63) is 0 Å². The maximum Gasteiger partial charge on any atom is 0.147 e. The van der Waals surface area contributed by atoms with Crippen molar-refractivity contribution >= 4 is 0 Å². The normalized spacial score (nSPS) is 48.5. The van der Waals surface area contributed by atoms with Crippen molar-refractivity contribution in [1.82, 2.24) is 5.32 Å². The van der Waals surface area contributed by atoms with Crippen LogP contribution in [-0.2, 0) is 9.47 Å². The zero-order chi connectivity index (χ0) is 13.6. The lowest BCUT2D eigenvalue weighted by Gasteiger charge is -2.59. The number of nitrogens with one attached hydrogen (secondary N) is 1. The molecule has 0 aromatic carbocycles. The molecule has 5 rings (SSSR count). The molecule has 3 heteroatoms. The molecule has 0 radical (unpaired) electrons. The highest BCUT2D eigenvalue weighted by atomic mass is 16.7. The Hall–Kier alpha value is -0.120. The molecule has 1 aliphatic heterocycles. The molecular weight excluding hydrogens is 250 g/mol. The maximum atomic E-state index is 5.66. The molecule has 0 amide bonds. The zero-order valence-electron chi connectivity index (χ0n) is 12.8. The second-order valence-electron chi connectivity index (χ2n) is 8.01. The van der Waals surface area contributed by atoms with E-state index in [9.17, 15) is 0 Å². The van der Waals surface area contributed by atoms with Crippen LogP contribution in [0.4, 0.5) is 0 Å². The van der Waals surface area contributed by atoms with Crippen molar-refractivity contribution in [3.8, 4) is 0 Å². The molecule has 4 saturated carbocycles. The van der Waals surface area contributed by atoms with Crippen LogP contribution in [0.5, 0.6) is 0 Å². The van der Waals surface area contributed by atoms with Crippen LogP contribution in [0.25, 0.3) is 0 Å². The second kappa shape index (κ2) is 5.26. The lowest BCUT2D eigenvalue weighted by Crippen LogP contribution is -2.55. The third-order valence-electron chi connectivity index (χ3n) is 6.63. The fourth-order valence-electron chi connectivity index (χ4n) is 5.90. The van der Waals surface area contributed by atoms with Gasteiger partial charge in [-0.2, -0.15) is 0 Å². The van der Waals surface area contributed by atoms with Gasteiger partial charge in [-0.05, 0) is 75.0 Å². The summed E-state index contributed by atoms with van der Waals surface area (Å²) in [6.45, 7) is 4.79. The molecule has 5 fully saturated rings. The molecule has 0 aromatic heterocycles. The van der Waals surface area contributed by atoms with E-state index < -0.39 is 0 Å². The summed E-state index contributed by atoms with van der Waals surface area (Å²) in [7, 11) is 0. The summed E-state index contributed by atoms with van der Waals surface area (Å²) < 4.78 is 10.9. The molecule has 1 N–H and O–H groups in total. The molecule has 5 aliphatic rings. The van der Waals surface area contributed by atoms with Gasteiger partial charge in [-0.15, -0.1) is 0 Å². The molecule has 20 heavy (non-hydrogen) atoms. The van der Waals surface area contributed by atoms with E-state index in [1.807, 2.05) is 0 Å². The molecule has 2 atom stereocenters. The van der Waals surface area contributed by atoms with Crippen LogP contribution in [0.3, 0.4) is 0 Å². The topological polar surface area (TPSA) is 30.5 Å². The van der Waals surface area contributed by atoms with Gasteiger partial charge in [0.05, 0.1) is 12.7 Å². The van der Waals surface area contributed by atoms with Crippen LogP contribution in [0.1, 0.15) is 51.9 Å². The van der Waals surface area contributed by atoms with E-state index in [1.165, 1.54) is 38.5 Å². The van der Waals surface area contributed by atoms with E-state index in [1.54, 1.807) is 0 Å². The van der Waals surface area contributed by atoms with E-state index >= 15 is 0 Å². The van der Waals surface area contributed by atoms with E-state index in [4.69, 9.17) is 9.47 Å². The number of ether oxygens (including phenoxy) is 2. The SMILES string of the molecule is CC(NCC1CCOCO1)C12CC3CC(CC(C3)C1)C2. The highest BCUT2D eigenvalue weighted by Crippen LogP contribution is 2.61. The van der Waals surface area contributed by atoms with Crippen LogP contribution in [0.2, 0.25) is 0 Å². The van der Waals surface area contributed by atoms with Gasteiger partial charge in [0.25, 0.3) is 0 Å². The predicted molar refractivity (Wildman–Crippen MR) is 78.4 cm³/mol. The molecule has 2 unspecified atom stereocenters. The standard InChI is InChI=1S/C17H29NO2/c1-12(18-10-16-2-3-19-11-20-16)17-7-13-4-14(8-17)6-15(5-13)9-17/h12-16,18H,2-11H2,1H3. The van der Waals surface area contributed by atoms with Crippen molar-refractivity contribution in [1.29, 1.82) is 0 Å². The Morgan fingerprint density at radius 1 is 1.10 bits per heavy atom. The Morgan fingerprint density at radius 3 is 2.30 bits per heavy atom. The minimum Gasteiger partial charge on any atom is -0.355 e. The van der Waals surface area contributed by atoms with Crippen LogP contribution in [-0.4, -0.2) is 32.1 Å². The third-order valence-corrected chi connectivity index (χ3v) is 6.63. The first-order chi connectivity index (χ1) is 9.73. The Kier molecular flexibility index (Phi) is 3.56. The molecule has 0 spiro atoms. The summed E-state index contributed by atoms with van der Waals surface area (Å²) in [4.78, 5) is 0. The molecule has 4 bridgehead atoms. The van der Waals surface area contributed by atoms with E-state index in [0.29, 0.717) is 24.4 Å². The summed E-state index contributed by atoms with van der Waals surface area (Å²) in [5.41, 5.74) is 0.611.